The van der Waals surface area contributed by atoms with Crippen molar-refractivity contribution in [2.24, 2.45) is 7.05 Å². The van der Waals surface area contributed by atoms with E-state index >= 15 is 0 Å². The van der Waals surface area contributed by atoms with Crippen molar-refractivity contribution in [2.75, 3.05) is 50.9 Å². The quantitative estimate of drug-likeness (QED) is 0.615. The Bertz CT molecular complexity index is 1090. The zero-order chi connectivity index (χ0) is 21.6. The molecule has 2 saturated heterocycles. The molecule has 3 aromatic rings. The molecule has 8 nitrogen and oxygen atoms in total. The van der Waals surface area contributed by atoms with Crippen LogP contribution in [-0.2, 0) is 28.7 Å². The molecule has 2 aliphatic heterocycles. The van der Waals surface area contributed by atoms with E-state index in [-0.39, 0.29) is 0 Å². The van der Waals surface area contributed by atoms with Gasteiger partial charge in [0.15, 0.2) is 0 Å². The molecule has 0 aliphatic carbocycles. The molecule has 3 aromatic heterocycles. The maximum absolute atomic E-state index is 6.26. The molecule has 0 radical (unpaired) electrons. The summed E-state index contributed by atoms with van der Waals surface area (Å²) in [5.74, 6) is 1.92. The lowest BCUT2D eigenvalue weighted by Gasteiger charge is -2.41. The van der Waals surface area contributed by atoms with Gasteiger partial charge < -0.3 is 14.4 Å². The maximum atomic E-state index is 6.26. The smallest absolute Gasteiger partial charge is 0.146 e. The van der Waals surface area contributed by atoms with Crippen LogP contribution in [0.4, 0.5) is 5.82 Å². The minimum Gasteiger partial charge on any atom is -0.379 e. The first-order valence-electron chi connectivity index (χ1n) is 10.9. The van der Waals surface area contributed by atoms with Crippen molar-refractivity contribution < 1.29 is 9.47 Å². The van der Waals surface area contributed by atoms with Crippen LogP contribution in [0.15, 0.2) is 12.4 Å². The number of rotatable bonds is 4. The van der Waals surface area contributed by atoms with Crippen molar-refractivity contribution in [2.45, 2.75) is 32.9 Å². The van der Waals surface area contributed by atoms with Crippen LogP contribution in [0.5, 0.6) is 0 Å². The molecule has 2 aliphatic rings. The number of fused-ring (bicyclic) bond motifs is 1. The molecule has 5 rings (SSSR count). The molecule has 0 amide bonds. The summed E-state index contributed by atoms with van der Waals surface area (Å²) in [7, 11) is 1.94. The van der Waals surface area contributed by atoms with Gasteiger partial charge in [0.25, 0.3) is 0 Å². The lowest BCUT2D eigenvalue weighted by molar-refractivity contribution is -0.0467. The van der Waals surface area contributed by atoms with Gasteiger partial charge in [0.2, 0.25) is 0 Å². The number of aryl methyl sites for hydroxylation is 3. The first-order valence-corrected chi connectivity index (χ1v) is 11.7. The molecule has 0 saturated carbocycles. The molecule has 1 atom stereocenters. The molecule has 0 bridgehead atoms. The van der Waals surface area contributed by atoms with E-state index in [1.807, 2.05) is 24.1 Å². The molecule has 1 unspecified atom stereocenters. The van der Waals surface area contributed by atoms with E-state index in [0.29, 0.717) is 6.61 Å². The maximum Gasteiger partial charge on any atom is 0.146 e. The summed E-state index contributed by atoms with van der Waals surface area (Å²) in [5, 5.41) is 5.54. The zero-order valence-corrected chi connectivity index (χ0v) is 19.5. The van der Waals surface area contributed by atoms with Crippen LogP contribution in [0, 0.1) is 13.8 Å². The van der Waals surface area contributed by atoms with Gasteiger partial charge in [-0.3, -0.25) is 9.58 Å². The number of thiophene rings is 1. The highest BCUT2D eigenvalue weighted by Gasteiger charge is 2.36. The first-order chi connectivity index (χ1) is 14.9. The SMILES string of the molecule is Cc1sc2nc(CN3CCOCC3)nc(N3CCOC(C)(c4cnn(C)c4)C3)c2c1C. The number of nitrogens with zero attached hydrogens (tertiary/aromatic N) is 6. The topological polar surface area (TPSA) is 68.5 Å². The highest BCUT2D eigenvalue weighted by molar-refractivity contribution is 7.18. The minimum atomic E-state index is -0.423. The summed E-state index contributed by atoms with van der Waals surface area (Å²) >= 11 is 1.77. The molecule has 0 aromatic carbocycles. The lowest BCUT2D eigenvalue weighted by Crippen LogP contribution is -2.48. The Morgan fingerprint density at radius 2 is 1.94 bits per heavy atom. The Morgan fingerprint density at radius 3 is 2.68 bits per heavy atom. The van der Waals surface area contributed by atoms with Gasteiger partial charge in [-0.1, -0.05) is 0 Å². The number of morpholine rings is 2. The Kier molecular flexibility index (Phi) is 5.45. The fourth-order valence-electron chi connectivity index (χ4n) is 4.45. The third-order valence-electron chi connectivity index (χ3n) is 6.41. The fraction of sp³-hybridized carbons (Fsp3) is 0.591. The standard InChI is InChI=1S/C22H30N6O2S/c1-15-16(2)31-21-19(15)20(24-18(25-21)13-27-5-8-29-9-6-27)28-7-10-30-22(3,14-28)17-11-23-26(4)12-17/h11-12H,5-10,13-14H2,1-4H3. The van der Waals surface area contributed by atoms with Gasteiger partial charge >= 0.3 is 0 Å². The molecule has 9 heteroatoms. The third kappa shape index (κ3) is 3.95. The average Bonchev–Trinajstić information content (AvgIpc) is 3.32. The molecule has 0 N–H and O–H groups in total. The Morgan fingerprint density at radius 1 is 1.13 bits per heavy atom. The molecular weight excluding hydrogens is 412 g/mol. The van der Waals surface area contributed by atoms with Crippen molar-refractivity contribution in [3.63, 3.8) is 0 Å². The van der Waals surface area contributed by atoms with E-state index in [2.05, 4.69) is 35.7 Å². The van der Waals surface area contributed by atoms with E-state index in [1.54, 1.807) is 11.3 Å². The average molecular weight is 443 g/mol. The number of hydrogen-bond acceptors (Lipinski definition) is 8. The summed E-state index contributed by atoms with van der Waals surface area (Å²) in [6.45, 7) is 12.9. The Balaban J connectivity index is 1.52. The Hall–Kier alpha value is -2.07. The predicted molar refractivity (Wildman–Crippen MR) is 122 cm³/mol. The van der Waals surface area contributed by atoms with Crippen molar-refractivity contribution in [1.29, 1.82) is 0 Å². The van der Waals surface area contributed by atoms with E-state index in [1.165, 1.54) is 15.8 Å². The van der Waals surface area contributed by atoms with Gasteiger partial charge in [0.1, 0.15) is 22.1 Å². The minimum absolute atomic E-state index is 0.423. The predicted octanol–water partition coefficient (Wildman–Crippen LogP) is 2.63. The van der Waals surface area contributed by atoms with Crippen LogP contribution in [0.2, 0.25) is 0 Å². The van der Waals surface area contributed by atoms with Crippen LogP contribution in [0.25, 0.3) is 10.2 Å². The van der Waals surface area contributed by atoms with E-state index in [0.717, 1.165) is 68.0 Å². The van der Waals surface area contributed by atoms with Gasteiger partial charge in [-0.25, -0.2) is 9.97 Å². The third-order valence-corrected chi connectivity index (χ3v) is 7.52. The number of ether oxygens (including phenoxy) is 2. The van der Waals surface area contributed by atoms with E-state index in [9.17, 15) is 0 Å². The van der Waals surface area contributed by atoms with Crippen LogP contribution in [0.1, 0.15) is 28.8 Å². The van der Waals surface area contributed by atoms with Gasteiger partial charge in [-0.15, -0.1) is 11.3 Å². The van der Waals surface area contributed by atoms with Gasteiger partial charge in [0.05, 0.1) is 44.5 Å². The van der Waals surface area contributed by atoms with Gasteiger partial charge in [-0.05, 0) is 26.3 Å². The second-order valence-corrected chi connectivity index (χ2v) is 9.92. The summed E-state index contributed by atoms with van der Waals surface area (Å²) in [6.07, 6.45) is 3.95. The van der Waals surface area contributed by atoms with Crippen LogP contribution in [0.3, 0.4) is 0 Å². The number of hydrogen-bond donors (Lipinski definition) is 0. The molecule has 31 heavy (non-hydrogen) atoms. The largest absolute Gasteiger partial charge is 0.379 e. The number of anilines is 1. The van der Waals surface area contributed by atoms with E-state index in [4.69, 9.17) is 19.4 Å². The van der Waals surface area contributed by atoms with Gasteiger partial charge in [-0.2, -0.15) is 5.10 Å². The fourth-order valence-corrected chi connectivity index (χ4v) is 5.49. The van der Waals surface area contributed by atoms with Crippen molar-refractivity contribution in [3.8, 4) is 0 Å². The number of aromatic nitrogens is 4. The molecular formula is C22H30N6O2S. The molecule has 5 heterocycles. The van der Waals surface area contributed by atoms with Crippen molar-refractivity contribution >= 4 is 27.4 Å². The van der Waals surface area contributed by atoms with Crippen LogP contribution < -0.4 is 4.90 Å². The second-order valence-electron chi connectivity index (χ2n) is 8.72. The lowest BCUT2D eigenvalue weighted by atomic mass is 9.96. The van der Waals surface area contributed by atoms with Gasteiger partial charge in [0, 0.05) is 43.3 Å². The molecule has 166 valence electrons. The normalized spacial score (nSPS) is 23.0. The van der Waals surface area contributed by atoms with Crippen LogP contribution >= 0.6 is 11.3 Å². The highest BCUT2D eigenvalue weighted by atomic mass is 32.1. The van der Waals surface area contributed by atoms with Crippen LogP contribution in [-0.4, -0.2) is 70.6 Å². The van der Waals surface area contributed by atoms with Crippen molar-refractivity contribution in [3.05, 3.63) is 34.2 Å². The van der Waals surface area contributed by atoms with Crippen molar-refractivity contribution in [1.82, 2.24) is 24.6 Å². The highest BCUT2D eigenvalue weighted by Crippen LogP contribution is 2.38. The summed E-state index contributed by atoms with van der Waals surface area (Å²) in [4.78, 5) is 17.2. The summed E-state index contributed by atoms with van der Waals surface area (Å²) < 4.78 is 13.6. The van der Waals surface area contributed by atoms with E-state index < -0.39 is 5.60 Å². The zero-order valence-electron chi connectivity index (χ0n) is 18.7. The Labute approximate surface area is 186 Å². The summed E-state index contributed by atoms with van der Waals surface area (Å²) in [6, 6.07) is 0. The molecule has 0 spiro atoms. The molecule has 2 fully saturated rings. The monoisotopic (exact) mass is 442 g/mol. The second kappa shape index (κ2) is 8.12. The summed E-state index contributed by atoms with van der Waals surface area (Å²) in [5.41, 5.74) is 1.95. The first kappa shape index (κ1) is 20.8.